The van der Waals surface area contributed by atoms with Gasteiger partial charge >= 0.3 is 0 Å². The van der Waals surface area contributed by atoms with Gasteiger partial charge in [0.05, 0.1) is 5.69 Å². The molecule has 2 nitrogen and oxygen atoms in total. The van der Waals surface area contributed by atoms with Gasteiger partial charge in [-0.15, -0.1) is 0 Å². The number of rotatable bonds is 4. The fourth-order valence-electron chi connectivity index (χ4n) is 1.08. The SMILES string of the molecule is C=Cc1cccnc1/C=C\N=C\C(C)C. The summed E-state index contributed by atoms with van der Waals surface area (Å²) in [5, 5.41) is 0. The number of aromatic nitrogens is 1. The third-order valence-electron chi connectivity index (χ3n) is 1.79. The van der Waals surface area contributed by atoms with Crippen LogP contribution in [-0.4, -0.2) is 11.2 Å². The topological polar surface area (TPSA) is 25.2 Å². The van der Waals surface area contributed by atoms with E-state index in [9.17, 15) is 0 Å². The standard InChI is InChI=1S/C13H16N2/c1-4-12-6-5-8-15-13(12)7-9-14-10-11(2)3/h4-11H,1H2,2-3H3/b9-7-,14-10+. The van der Waals surface area contributed by atoms with Gasteiger partial charge < -0.3 is 0 Å². The quantitative estimate of drug-likeness (QED) is 0.683. The molecule has 0 N–H and O–H groups in total. The zero-order valence-electron chi connectivity index (χ0n) is 9.22. The zero-order chi connectivity index (χ0) is 11.1. The average molecular weight is 200 g/mol. The third-order valence-corrected chi connectivity index (χ3v) is 1.79. The van der Waals surface area contributed by atoms with Gasteiger partial charge in [-0.1, -0.05) is 32.6 Å². The monoisotopic (exact) mass is 200 g/mol. The fourth-order valence-corrected chi connectivity index (χ4v) is 1.08. The van der Waals surface area contributed by atoms with Crippen LogP contribution in [-0.2, 0) is 0 Å². The largest absolute Gasteiger partial charge is 0.269 e. The van der Waals surface area contributed by atoms with Crippen molar-refractivity contribution in [2.45, 2.75) is 13.8 Å². The first-order valence-corrected chi connectivity index (χ1v) is 5.01. The van der Waals surface area contributed by atoms with Crippen molar-refractivity contribution in [3.8, 4) is 0 Å². The predicted molar refractivity (Wildman–Crippen MR) is 66.7 cm³/mol. The maximum atomic E-state index is 4.23. The van der Waals surface area contributed by atoms with Crippen LogP contribution in [0.1, 0.15) is 25.1 Å². The fraction of sp³-hybridized carbons (Fsp3) is 0.231. The number of hydrogen-bond donors (Lipinski definition) is 0. The minimum Gasteiger partial charge on any atom is -0.269 e. The Balaban J connectivity index is 2.76. The Morgan fingerprint density at radius 2 is 2.27 bits per heavy atom. The average Bonchev–Trinajstić information content (AvgIpc) is 2.24. The molecule has 0 bridgehead atoms. The lowest BCUT2D eigenvalue weighted by Crippen LogP contribution is -1.86. The van der Waals surface area contributed by atoms with E-state index in [-0.39, 0.29) is 0 Å². The molecule has 0 fully saturated rings. The summed E-state index contributed by atoms with van der Waals surface area (Å²) < 4.78 is 0. The normalized spacial score (nSPS) is 11.7. The van der Waals surface area contributed by atoms with Gasteiger partial charge in [-0.3, -0.25) is 9.98 Å². The Morgan fingerprint density at radius 1 is 1.47 bits per heavy atom. The van der Waals surface area contributed by atoms with E-state index in [1.807, 2.05) is 24.4 Å². The van der Waals surface area contributed by atoms with Crippen molar-refractivity contribution in [1.82, 2.24) is 4.98 Å². The van der Waals surface area contributed by atoms with Gasteiger partial charge in [-0.05, 0) is 23.6 Å². The Hall–Kier alpha value is -1.70. The van der Waals surface area contributed by atoms with E-state index >= 15 is 0 Å². The zero-order valence-corrected chi connectivity index (χ0v) is 9.22. The minimum absolute atomic E-state index is 0.470. The summed E-state index contributed by atoms with van der Waals surface area (Å²) >= 11 is 0. The molecular weight excluding hydrogens is 184 g/mol. The maximum absolute atomic E-state index is 4.23. The second-order valence-corrected chi connectivity index (χ2v) is 3.54. The summed E-state index contributed by atoms with van der Waals surface area (Å²) in [7, 11) is 0. The lowest BCUT2D eigenvalue weighted by Gasteiger charge is -1.96. The molecular formula is C13H16N2. The van der Waals surface area contributed by atoms with Crippen LogP contribution in [0.15, 0.2) is 36.1 Å². The van der Waals surface area contributed by atoms with Crippen LogP contribution in [0.4, 0.5) is 0 Å². The Kier molecular flexibility index (Phi) is 4.48. The molecule has 1 aromatic heterocycles. The minimum atomic E-state index is 0.470. The van der Waals surface area contributed by atoms with E-state index in [1.165, 1.54) is 0 Å². The summed E-state index contributed by atoms with van der Waals surface area (Å²) in [5.74, 6) is 0.470. The summed E-state index contributed by atoms with van der Waals surface area (Å²) in [6, 6.07) is 3.87. The van der Waals surface area contributed by atoms with Crippen molar-refractivity contribution in [3.63, 3.8) is 0 Å². The van der Waals surface area contributed by atoms with Crippen molar-refractivity contribution in [3.05, 3.63) is 42.4 Å². The molecule has 1 rings (SSSR count). The number of hydrogen-bond acceptors (Lipinski definition) is 2. The van der Waals surface area contributed by atoms with Crippen LogP contribution in [0.2, 0.25) is 0 Å². The van der Waals surface area contributed by atoms with Gasteiger partial charge in [-0.2, -0.15) is 0 Å². The molecule has 2 heteroatoms. The van der Waals surface area contributed by atoms with Gasteiger partial charge in [0.15, 0.2) is 0 Å². The van der Waals surface area contributed by atoms with E-state index in [0.717, 1.165) is 11.3 Å². The second kappa shape index (κ2) is 5.91. The molecule has 0 amide bonds. The van der Waals surface area contributed by atoms with Crippen LogP contribution < -0.4 is 0 Å². The molecule has 0 unspecified atom stereocenters. The van der Waals surface area contributed by atoms with Crippen molar-refractivity contribution in [1.29, 1.82) is 0 Å². The molecule has 0 spiro atoms. The lowest BCUT2D eigenvalue weighted by atomic mass is 10.2. The second-order valence-electron chi connectivity index (χ2n) is 3.54. The highest BCUT2D eigenvalue weighted by Crippen LogP contribution is 2.08. The van der Waals surface area contributed by atoms with Crippen molar-refractivity contribution in [2.24, 2.45) is 10.9 Å². The molecule has 0 radical (unpaired) electrons. The first kappa shape index (κ1) is 11.4. The van der Waals surface area contributed by atoms with Crippen LogP contribution in [0.5, 0.6) is 0 Å². The van der Waals surface area contributed by atoms with Crippen molar-refractivity contribution in [2.75, 3.05) is 0 Å². The van der Waals surface area contributed by atoms with E-state index in [2.05, 4.69) is 30.4 Å². The van der Waals surface area contributed by atoms with E-state index in [4.69, 9.17) is 0 Å². The molecule has 0 aromatic carbocycles. The molecule has 0 aliphatic heterocycles. The Morgan fingerprint density at radius 3 is 2.93 bits per heavy atom. The van der Waals surface area contributed by atoms with Gasteiger partial charge in [-0.25, -0.2) is 0 Å². The summed E-state index contributed by atoms with van der Waals surface area (Å²) in [5.41, 5.74) is 1.92. The molecule has 15 heavy (non-hydrogen) atoms. The smallest absolute Gasteiger partial charge is 0.0717 e. The van der Waals surface area contributed by atoms with E-state index in [1.54, 1.807) is 18.5 Å². The molecule has 0 aliphatic rings. The molecule has 0 aliphatic carbocycles. The highest BCUT2D eigenvalue weighted by atomic mass is 14.7. The van der Waals surface area contributed by atoms with Gasteiger partial charge in [0.25, 0.3) is 0 Å². The first-order valence-electron chi connectivity index (χ1n) is 5.01. The maximum Gasteiger partial charge on any atom is 0.0717 e. The van der Waals surface area contributed by atoms with Crippen molar-refractivity contribution < 1.29 is 0 Å². The Bertz CT molecular complexity index is 376. The van der Waals surface area contributed by atoms with Crippen LogP contribution in [0.3, 0.4) is 0 Å². The molecule has 0 saturated carbocycles. The summed E-state index contributed by atoms with van der Waals surface area (Å²) in [6.07, 6.45) is 9.09. The van der Waals surface area contributed by atoms with Gasteiger partial charge in [0.1, 0.15) is 0 Å². The van der Waals surface area contributed by atoms with Gasteiger partial charge in [0.2, 0.25) is 0 Å². The summed E-state index contributed by atoms with van der Waals surface area (Å²) in [4.78, 5) is 8.40. The Labute approximate surface area is 91.1 Å². The highest BCUT2D eigenvalue weighted by molar-refractivity contribution is 5.64. The first-order chi connectivity index (χ1) is 7.24. The van der Waals surface area contributed by atoms with Crippen LogP contribution in [0, 0.1) is 5.92 Å². The molecule has 1 aromatic rings. The van der Waals surface area contributed by atoms with Crippen LogP contribution in [0.25, 0.3) is 12.2 Å². The molecule has 78 valence electrons. The molecule has 0 atom stereocenters. The van der Waals surface area contributed by atoms with E-state index in [0.29, 0.717) is 5.92 Å². The number of pyridine rings is 1. The number of aliphatic imine (C=N–C) groups is 1. The number of nitrogens with zero attached hydrogens (tertiary/aromatic N) is 2. The van der Waals surface area contributed by atoms with E-state index < -0.39 is 0 Å². The van der Waals surface area contributed by atoms with Gasteiger partial charge in [0, 0.05) is 18.6 Å². The molecule has 0 saturated heterocycles. The summed E-state index contributed by atoms with van der Waals surface area (Å²) in [6.45, 7) is 7.92. The predicted octanol–water partition coefficient (Wildman–Crippen LogP) is 3.42. The lowest BCUT2D eigenvalue weighted by molar-refractivity contribution is 0.907. The van der Waals surface area contributed by atoms with Crippen LogP contribution >= 0.6 is 0 Å². The third kappa shape index (κ3) is 3.90. The molecule has 1 heterocycles. The van der Waals surface area contributed by atoms with Crippen molar-refractivity contribution >= 4 is 18.4 Å². The highest BCUT2D eigenvalue weighted by Gasteiger charge is 1.93.